The van der Waals surface area contributed by atoms with Crippen LogP contribution in [0.4, 0.5) is 0 Å². The molecule has 2 rings (SSSR count). The fraction of sp³-hybridized carbons (Fsp3) is 0.300. The second-order valence-electron chi connectivity index (χ2n) is 3.35. The van der Waals surface area contributed by atoms with Crippen LogP contribution in [0.3, 0.4) is 0 Å². The minimum Gasteiger partial charge on any atom is -0.299 e. The highest BCUT2D eigenvalue weighted by atomic mass is 16.1. The Hall–Kier alpha value is -1.71. The number of aryl methyl sites for hydroxylation is 2. The maximum Gasteiger partial charge on any atom is 0.262 e. The van der Waals surface area contributed by atoms with Crippen LogP contribution in [0.15, 0.2) is 16.9 Å². The lowest BCUT2D eigenvalue weighted by Crippen LogP contribution is -2.21. The summed E-state index contributed by atoms with van der Waals surface area (Å²) in [6, 6.07) is 3.59. The zero-order chi connectivity index (χ0) is 10.3. The molecule has 0 aromatic carbocycles. The molecule has 0 fully saturated rings. The SMILES string of the molecule is Cc1ccc2c(=O)n(C)c(C)nc2n1. The zero-order valence-corrected chi connectivity index (χ0v) is 8.40. The third-order valence-electron chi connectivity index (χ3n) is 2.30. The number of hydrogen-bond acceptors (Lipinski definition) is 3. The summed E-state index contributed by atoms with van der Waals surface area (Å²) >= 11 is 0. The van der Waals surface area contributed by atoms with Gasteiger partial charge in [0.05, 0.1) is 5.39 Å². The molecule has 0 aliphatic heterocycles. The van der Waals surface area contributed by atoms with Gasteiger partial charge in [0.15, 0.2) is 5.65 Å². The van der Waals surface area contributed by atoms with Gasteiger partial charge in [-0.3, -0.25) is 9.36 Å². The fourth-order valence-corrected chi connectivity index (χ4v) is 1.35. The molecule has 4 nitrogen and oxygen atoms in total. The first-order valence-corrected chi connectivity index (χ1v) is 4.40. The molecule has 14 heavy (non-hydrogen) atoms. The largest absolute Gasteiger partial charge is 0.299 e. The fourth-order valence-electron chi connectivity index (χ4n) is 1.35. The van der Waals surface area contributed by atoms with Crippen LogP contribution in [0.1, 0.15) is 11.5 Å². The third kappa shape index (κ3) is 1.19. The van der Waals surface area contributed by atoms with Crippen LogP contribution in [0.2, 0.25) is 0 Å². The van der Waals surface area contributed by atoms with Crippen molar-refractivity contribution in [2.45, 2.75) is 13.8 Å². The lowest BCUT2D eigenvalue weighted by Gasteiger charge is -2.04. The first kappa shape index (κ1) is 8.87. The smallest absolute Gasteiger partial charge is 0.262 e. The van der Waals surface area contributed by atoms with Gasteiger partial charge in [-0.15, -0.1) is 0 Å². The van der Waals surface area contributed by atoms with Gasteiger partial charge in [0.2, 0.25) is 0 Å². The first-order valence-electron chi connectivity index (χ1n) is 4.40. The van der Waals surface area contributed by atoms with Crippen molar-refractivity contribution in [1.82, 2.24) is 14.5 Å². The Morgan fingerprint density at radius 3 is 2.64 bits per heavy atom. The van der Waals surface area contributed by atoms with E-state index in [4.69, 9.17) is 0 Å². The average Bonchev–Trinajstić information content (AvgIpc) is 2.14. The Morgan fingerprint density at radius 1 is 1.21 bits per heavy atom. The molecule has 2 aromatic rings. The molecule has 0 spiro atoms. The molecule has 0 amide bonds. The normalized spacial score (nSPS) is 10.8. The average molecular weight is 189 g/mol. The molecule has 72 valence electrons. The van der Waals surface area contributed by atoms with E-state index < -0.39 is 0 Å². The van der Waals surface area contributed by atoms with E-state index in [-0.39, 0.29) is 5.56 Å². The third-order valence-corrected chi connectivity index (χ3v) is 2.30. The summed E-state index contributed by atoms with van der Waals surface area (Å²) in [5.41, 5.74) is 1.36. The maximum atomic E-state index is 11.7. The van der Waals surface area contributed by atoms with Gasteiger partial charge in [-0.2, -0.15) is 0 Å². The van der Waals surface area contributed by atoms with Crippen molar-refractivity contribution in [3.8, 4) is 0 Å². The maximum absolute atomic E-state index is 11.7. The Balaban J connectivity index is 2.98. The van der Waals surface area contributed by atoms with E-state index in [1.165, 1.54) is 4.57 Å². The summed E-state index contributed by atoms with van der Waals surface area (Å²) in [6.07, 6.45) is 0. The van der Waals surface area contributed by atoms with Gasteiger partial charge in [-0.05, 0) is 26.0 Å². The number of nitrogens with zero attached hydrogens (tertiary/aromatic N) is 3. The second kappa shape index (κ2) is 2.90. The molecule has 0 aliphatic rings. The number of fused-ring (bicyclic) bond motifs is 1. The Bertz CT molecular complexity index is 557. The Kier molecular flexibility index (Phi) is 1.84. The van der Waals surface area contributed by atoms with Crippen molar-refractivity contribution >= 4 is 11.0 Å². The molecular weight excluding hydrogens is 178 g/mol. The van der Waals surface area contributed by atoms with E-state index in [0.29, 0.717) is 16.9 Å². The Morgan fingerprint density at radius 2 is 1.93 bits per heavy atom. The predicted octanol–water partition coefficient (Wildman–Crippen LogP) is 0.945. The van der Waals surface area contributed by atoms with Gasteiger partial charge in [-0.25, -0.2) is 9.97 Å². The van der Waals surface area contributed by atoms with Crippen LogP contribution in [0.25, 0.3) is 11.0 Å². The molecule has 0 aliphatic carbocycles. The van der Waals surface area contributed by atoms with Crippen LogP contribution in [0.5, 0.6) is 0 Å². The summed E-state index contributed by atoms with van der Waals surface area (Å²) in [5, 5.41) is 0.573. The van der Waals surface area contributed by atoms with Crippen molar-refractivity contribution in [2.75, 3.05) is 0 Å². The van der Waals surface area contributed by atoms with Gasteiger partial charge in [-0.1, -0.05) is 0 Å². The summed E-state index contributed by atoms with van der Waals surface area (Å²) in [6.45, 7) is 3.68. The summed E-state index contributed by atoms with van der Waals surface area (Å²) in [7, 11) is 1.71. The molecule has 0 unspecified atom stereocenters. The van der Waals surface area contributed by atoms with E-state index in [0.717, 1.165) is 5.69 Å². The first-order chi connectivity index (χ1) is 6.59. The van der Waals surface area contributed by atoms with Crippen LogP contribution >= 0.6 is 0 Å². The quantitative estimate of drug-likeness (QED) is 0.619. The summed E-state index contributed by atoms with van der Waals surface area (Å²) in [4.78, 5) is 20.2. The minimum absolute atomic E-state index is 0.0417. The highest BCUT2D eigenvalue weighted by molar-refractivity contribution is 5.73. The van der Waals surface area contributed by atoms with Gasteiger partial charge in [0.1, 0.15) is 5.82 Å². The van der Waals surface area contributed by atoms with Crippen LogP contribution < -0.4 is 5.56 Å². The number of pyridine rings is 1. The molecule has 0 saturated heterocycles. The lowest BCUT2D eigenvalue weighted by atomic mass is 10.3. The highest BCUT2D eigenvalue weighted by Crippen LogP contribution is 2.05. The van der Waals surface area contributed by atoms with E-state index in [2.05, 4.69) is 9.97 Å². The molecular formula is C10H11N3O. The molecule has 2 aromatic heterocycles. The molecule has 4 heteroatoms. The monoisotopic (exact) mass is 189 g/mol. The number of hydrogen-bond donors (Lipinski definition) is 0. The second-order valence-corrected chi connectivity index (χ2v) is 3.35. The van der Waals surface area contributed by atoms with Crippen molar-refractivity contribution < 1.29 is 0 Å². The highest BCUT2D eigenvalue weighted by Gasteiger charge is 2.05. The number of rotatable bonds is 0. The van der Waals surface area contributed by atoms with E-state index in [1.807, 2.05) is 13.0 Å². The van der Waals surface area contributed by atoms with Crippen molar-refractivity contribution in [2.24, 2.45) is 7.05 Å². The van der Waals surface area contributed by atoms with Gasteiger partial charge in [0.25, 0.3) is 5.56 Å². The summed E-state index contributed by atoms with van der Waals surface area (Å²) < 4.78 is 1.53. The van der Waals surface area contributed by atoms with Gasteiger partial charge >= 0.3 is 0 Å². The van der Waals surface area contributed by atoms with Crippen LogP contribution in [-0.2, 0) is 7.05 Å². The predicted molar refractivity (Wildman–Crippen MR) is 54.3 cm³/mol. The molecule has 0 bridgehead atoms. The van der Waals surface area contributed by atoms with Crippen LogP contribution in [-0.4, -0.2) is 14.5 Å². The van der Waals surface area contributed by atoms with Gasteiger partial charge < -0.3 is 0 Å². The number of aromatic nitrogens is 3. The van der Waals surface area contributed by atoms with Crippen molar-refractivity contribution in [1.29, 1.82) is 0 Å². The standard InChI is InChI=1S/C10H11N3O/c1-6-4-5-8-9(11-6)12-7(2)13(3)10(8)14/h4-5H,1-3H3. The molecule has 0 radical (unpaired) electrons. The van der Waals surface area contributed by atoms with E-state index in [9.17, 15) is 4.79 Å². The van der Waals surface area contributed by atoms with E-state index in [1.54, 1.807) is 20.0 Å². The minimum atomic E-state index is -0.0417. The molecule has 2 heterocycles. The van der Waals surface area contributed by atoms with Gasteiger partial charge in [0, 0.05) is 12.7 Å². The topological polar surface area (TPSA) is 47.8 Å². The molecule has 0 saturated carbocycles. The summed E-state index contributed by atoms with van der Waals surface area (Å²) in [5.74, 6) is 0.681. The molecule has 0 atom stereocenters. The molecule has 0 N–H and O–H groups in total. The Labute approximate surface area is 81.2 Å². The van der Waals surface area contributed by atoms with Crippen molar-refractivity contribution in [3.63, 3.8) is 0 Å². The van der Waals surface area contributed by atoms with E-state index >= 15 is 0 Å². The van der Waals surface area contributed by atoms with Crippen LogP contribution in [0, 0.1) is 13.8 Å². The lowest BCUT2D eigenvalue weighted by molar-refractivity contribution is 0.789. The zero-order valence-electron chi connectivity index (χ0n) is 8.40. The van der Waals surface area contributed by atoms with Crippen molar-refractivity contribution in [3.05, 3.63) is 34.0 Å².